The van der Waals surface area contributed by atoms with Crippen LogP contribution in [-0.2, 0) is 11.8 Å². The summed E-state index contributed by atoms with van der Waals surface area (Å²) >= 11 is 1.37. The molecule has 0 unspecified atom stereocenters. The molecule has 5 nitrogen and oxygen atoms in total. The molecule has 6 heteroatoms. The maximum absolute atomic E-state index is 11.4. The van der Waals surface area contributed by atoms with Crippen molar-refractivity contribution in [2.75, 3.05) is 7.11 Å². The number of carbonyl (C=O) groups is 1. The lowest BCUT2D eigenvalue weighted by Gasteiger charge is -1.96. The molecule has 0 aliphatic heterocycles. The number of aromatic nitrogens is 2. The van der Waals surface area contributed by atoms with Crippen LogP contribution in [0, 0.1) is 0 Å². The molecule has 1 N–H and O–H groups in total. The number of ether oxygens (including phenoxy) is 1. The molecule has 84 valence electrons. The van der Waals surface area contributed by atoms with Gasteiger partial charge in [0.25, 0.3) is 0 Å². The van der Waals surface area contributed by atoms with Crippen LogP contribution in [-0.4, -0.2) is 28.0 Å². The van der Waals surface area contributed by atoms with Crippen molar-refractivity contribution in [1.82, 2.24) is 9.78 Å². The zero-order valence-electron chi connectivity index (χ0n) is 8.80. The summed E-state index contributed by atoms with van der Waals surface area (Å²) in [6.45, 7) is 0. The normalized spacial score (nSPS) is 10.4. The molecule has 16 heavy (non-hydrogen) atoms. The van der Waals surface area contributed by atoms with Gasteiger partial charge in [0.05, 0.1) is 12.0 Å². The Balaban J connectivity index is 2.46. The molecule has 0 aliphatic carbocycles. The van der Waals surface area contributed by atoms with Crippen LogP contribution >= 0.6 is 11.3 Å². The van der Waals surface area contributed by atoms with Crippen LogP contribution in [0.15, 0.2) is 17.5 Å². The first kappa shape index (κ1) is 10.7. The van der Waals surface area contributed by atoms with Crippen molar-refractivity contribution in [3.05, 3.63) is 23.2 Å². The van der Waals surface area contributed by atoms with Gasteiger partial charge in [-0.05, 0) is 17.5 Å². The molecule has 0 spiro atoms. The second-order valence-corrected chi connectivity index (χ2v) is 4.08. The highest BCUT2D eigenvalue weighted by atomic mass is 32.1. The van der Waals surface area contributed by atoms with Gasteiger partial charge in [-0.25, -0.2) is 4.79 Å². The van der Waals surface area contributed by atoms with E-state index in [1.165, 1.54) is 23.1 Å². The Bertz CT molecular complexity index is 530. The molecule has 2 aromatic rings. The van der Waals surface area contributed by atoms with Crippen molar-refractivity contribution >= 4 is 17.3 Å². The summed E-state index contributed by atoms with van der Waals surface area (Å²) in [4.78, 5) is 12.0. The summed E-state index contributed by atoms with van der Waals surface area (Å²) < 4.78 is 6.05. The van der Waals surface area contributed by atoms with Gasteiger partial charge in [-0.2, -0.15) is 5.10 Å². The minimum atomic E-state index is -0.447. The minimum absolute atomic E-state index is 0.166. The molecule has 0 fully saturated rings. The average Bonchev–Trinajstić information content (AvgIpc) is 2.83. The molecule has 0 saturated heterocycles. The van der Waals surface area contributed by atoms with Gasteiger partial charge in [-0.15, -0.1) is 11.3 Å². The molecular formula is C10H10N2O3S. The molecule has 0 aliphatic rings. The Morgan fingerprint density at radius 3 is 2.94 bits per heavy atom. The number of aromatic hydroxyl groups is 1. The average molecular weight is 238 g/mol. The number of thiophene rings is 1. The van der Waals surface area contributed by atoms with Crippen LogP contribution in [0.25, 0.3) is 10.6 Å². The van der Waals surface area contributed by atoms with Crippen molar-refractivity contribution < 1.29 is 14.6 Å². The first-order valence-electron chi connectivity index (χ1n) is 4.52. The third-order valence-electron chi connectivity index (χ3n) is 2.15. The molecule has 2 rings (SSSR count). The van der Waals surface area contributed by atoms with Gasteiger partial charge in [-0.3, -0.25) is 4.68 Å². The summed E-state index contributed by atoms with van der Waals surface area (Å²) in [5, 5.41) is 15.5. The fourth-order valence-corrected chi connectivity index (χ4v) is 2.11. The number of methoxy groups -OCH3 is 1. The topological polar surface area (TPSA) is 64.3 Å². The molecule has 0 amide bonds. The molecule has 0 saturated carbocycles. The van der Waals surface area contributed by atoms with Crippen molar-refractivity contribution in [2.45, 2.75) is 0 Å². The third-order valence-corrected chi connectivity index (χ3v) is 3.08. The van der Waals surface area contributed by atoms with E-state index in [-0.39, 0.29) is 5.75 Å². The molecule has 0 atom stereocenters. The summed E-state index contributed by atoms with van der Waals surface area (Å²) in [6, 6.07) is 3.18. The van der Waals surface area contributed by atoms with Gasteiger partial charge in [-0.1, -0.05) is 0 Å². The fourth-order valence-electron chi connectivity index (χ4n) is 1.37. The number of hydrogen-bond acceptors (Lipinski definition) is 5. The first-order chi connectivity index (χ1) is 7.63. The predicted octanol–water partition coefficient (Wildman–Crippen LogP) is 1.64. The lowest BCUT2D eigenvalue weighted by Crippen LogP contribution is -2.07. The van der Waals surface area contributed by atoms with Crippen LogP contribution in [0.5, 0.6) is 5.75 Å². The fraction of sp³-hybridized carbons (Fsp3) is 0.200. The summed E-state index contributed by atoms with van der Waals surface area (Å²) in [6.07, 6.45) is 0. The Hall–Kier alpha value is -1.82. The Kier molecular flexibility index (Phi) is 2.66. The van der Waals surface area contributed by atoms with Crippen molar-refractivity contribution in [2.24, 2.45) is 7.05 Å². The number of aryl methyl sites for hydroxylation is 1. The molecule has 2 aromatic heterocycles. The number of carbonyl (C=O) groups excluding carboxylic acids is 1. The van der Waals surface area contributed by atoms with Crippen LogP contribution in [0.3, 0.4) is 0 Å². The van der Waals surface area contributed by atoms with E-state index in [0.717, 1.165) is 0 Å². The van der Waals surface area contributed by atoms with Crippen molar-refractivity contribution in [3.63, 3.8) is 0 Å². The Labute approximate surface area is 95.9 Å². The van der Waals surface area contributed by atoms with E-state index in [1.54, 1.807) is 24.6 Å². The maximum atomic E-state index is 11.4. The summed E-state index contributed by atoms with van der Waals surface area (Å²) in [5.74, 6) is -0.281. The van der Waals surface area contributed by atoms with E-state index in [9.17, 15) is 9.90 Å². The molecule has 0 radical (unpaired) electrons. The molecular weight excluding hydrogens is 228 g/mol. The lowest BCUT2D eigenvalue weighted by atomic mass is 10.3. The number of esters is 1. The highest BCUT2D eigenvalue weighted by Crippen LogP contribution is 2.33. The van der Waals surface area contributed by atoms with E-state index < -0.39 is 5.97 Å². The monoisotopic (exact) mass is 238 g/mol. The van der Waals surface area contributed by atoms with E-state index in [1.807, 2.05) is 0 Å². The van der Waals surface area contributed by atoms with Gasteiger partial charge in [0.1, 0.15) is 17.1 Å². The van der Waals surface area contributed by atoms with E-state index in [2.05, 4.69) is 9.84 Å². The van der Waals surface area contributed by atoms with Gasteiger partial charge in [0.15, 0.2) is 0 Å². The van der Waals surface area contributed by atoms with Gasteiger partial charge in [0.2, 0.25) is 0 Å². The second kappa shape index (κ2) is 3.97. The Morgan fingerprint density at radius 1 is 1.62 bits per heavy atom. The zero-order valence-corrected chi connectivity index (χ0v) is 9.61. The second-order valence-electron chi connectivity index (χ2n) is 3.16. The van der Waals surface area contributed by atoms with Crippen molar-refractivity contribution in [3.8, 4) is 16.3 Å². The predicted molar refractivity (Wildman–Crippen MR) is 59.5 cm³/mol. The van der Waals surface area contributed by atoms with Crippen LogP contribution < -0.4 is 0 Å². The summed E-state index contributed by atoms with van der Waals surface area (Å²) in [7, 11) is 2.97. The van der Waals surface area contributed by atoms with E-state index in [4.69, 9.17) is 0 Å². The number of nitrogens with zero attached hydrogens (tertiary/aromatic N) is 2. The third kappa shape index (κ3) is 1.67. The molecule has 0 aromatic carbocycles. The van der Waals surface area contributed by atoms with Crippen LogP contribution in [0.1, 0.15) is 10.5 Å². The SMILES string of the molecule is COC(=O)c1cc(-c2sccc2O)nn1C. The highest BCUT2D eigenvalue weighted by Gasteiger charge is 2.16. The van der Waals surface area contributed by atoms with E-state index >= 15 is 0 Å². The Morgan fingerprint density at radius 2 is 2.38 bits per heavy atom. The highest BCUT2D eigenvalue weighted by molar-refractivity contribution is 7.13. The van der Waals surface area contributed by atoms with Crippen LogP contribution in [0.4, 0.5) is 0 Å². The van der Waals surface area contributed by atoms with Gasteiger partial charge < -0.3 is 9.84 Å². The largest absolute Gasteiger partial charge is 0.506 e. The first-order valence-corrected chi connectivity index (χ1v) is 5.40. The number of hydrogen-bond donors (Lipinski definition) is 1. The zero-order chi connectivity index (χ0) is 11.7. The summed E-state index contributed by atoms with van der Waals surface area (Å²) in [5.41, 5.74) is 0.917. The molecule has 0 bridgehead atoms. The maximum Gasteiger partial charge on any atom is 0.356 e. The van der Waals surface area contributed by atoms with Crippen LogP contribution in [0.2, 0.25) is 0 Å². The van der Waals surface area contributed by atoms with Gasteiger partial charge >= 0.3 is 5.97 Å². The lowest BCUT2D eigenvalue weighted by molar-refractivity contribution is 0.0588. The minimum Gasteiger partial charge on any atom is -0.506 e. The van der Waals surface area contributed by atoms with Gasteiger partial charge in [0, 0.05) is 7.05 Å². The quantitative estimate of drug-likeness (QED) is 0.808. The van der Waals surface area contributed by atoms with Crippen molar-refractivity contribution in [1.29, 1.82) is 0 Å². The standard InChI is InChI=1S/C10H10N2O3S/c1-12-7(10(14)15-2)5-6(11-12)9-8(13)3-4-16-9/h3-5,13H,1-2H3. The smallest absolute Gasteiger partial charge is 0.356 e. The van der Waals surface area contributed by atoms with E-state index in [0.29, 0.717) is 16.3 Å². The molecule has 2 heterocycles. The number of rotatable bonds is 2.